The molecule has 0 N–H and O–H groups in total. The molecule has 32 heavy (non-hydrogen) atoms. The van der Waals surface area contributed by atoms with Crippen LogP contribution in [0.25, 0.3) is 0 Å². The van der Waals surface area contributed by atoms with E-state index in [1.807, 2.05) is 60.7 Å². The first kappa shape index (κ1) is 28.0. The molecule has 0 heterocycles. The van der Waals surface area contributed by atoms with Crippen LogP contribution in [0.1, 0.15) is 84.5 Å². The summed E-state index contributed by atoms with van der Waals surface area (Å²) in [5.74, 6) is 6.77. The second-order valence-corrected chi connectivity index (χ2v) is 7.97. The Bertz CT molecular complexity index is 845. The maximum absolute atomic E-state index is 4.93. The van der Waals surface area contributed by atoms with Crippen molar-refractivity contribution in [3.8, 4) is 11.8 Å². The third-order valence-corrected chi connectivity index (χ3v) is 5.17. The number of hydrogen-bond donors (Lipinski definition) is 0. The van der Waals surface area contributed by atoms with E-state index >= 15 is 0 Å². The van der Waals surface area contributed by atoms with Crippen molar-refractivity contribution in [1.29, 1.82) is 0 Å². The van der Waals surface area contributed by atoms with Gasteiger partial charge in [0.15, 0.2) is 0 Å². The first-order chi connectivity index (χ1) is 15.3. The van der Waals surface area contributed by atoms with Crippen LogP contribution in [0.4, 0.5) is 11.4 Å². The summed E-state index contributed by atoms with van der Waals surface area (Å²) in [4.78, 5) is 9.82. The second-order valence-electron chi connectivity index (χ2n) is 7.97. The van der Waals surface area contributed by atoms with Gasteiger partial charge in [0.25, 0.3) is 0 Å². The summed E-state index contributed by atoms with van der Waals surface area (Å²) in [6.07, 6.45) is 13.2. The van der Waals surface area contributed by atoms with Gasteiger partial charge in [-0.15, -0.1) is 0 Å². The topological polar surface area (TPSA) is 24.7 Å². The van der Waals surface area contributed by atoms with Crippen LogP contribution in [0.2, 0.25) is 0 Å². The molecule has 2 rings (SSSR count). The van der Waals surface area contributed by atoms with Crippen LogP contribution in [0.15, 0.2) is 70.6 Å². The molecular formula is C29H38N2Pd. The fourth-order valence-electron chi connectivity index (χ4n) is 3.34. The van der Waals surface area contributed by atoms with Gasteiger partial charge in [0.1, 0.15) is 5.71 Å². The third-order valence-electron chi connectivity index (χ3n) is 5.17. The molecule has 0 atom stereocenters. The van der Waals surface area contributed by atoms with E-state index in [1.54, 1.807) is 0 Å². The molecule has 0 aliphatic heterocycles. The summed E-state index contributed by atoms with van der Waals surface area (Å²) in [6, 6.07) is 20.2. The minimum absolute atomic E-state index is 0. The number of rotatable bonds is 13. The predicted molar refractivity (Wildman–Crippen MR) is 137 cm³/mol. The first-order valence-corrected chi connectivity index (χ1v) is 12.1. The summed E-state index contributed by atoms with van der Waals surface area (Å²) in [6.45, 7) is 4.47. The number of unbranched alkanes of at least 4 members (excludes halogenated alkanes) is 8. The molecule has 2 aromatic rings. The molecule has 0 aliphatic rings. The van der Waals surface area contributed by atoms with Crippen LogP contribution in [0.5, 0.6) is 0 Å². The van der Waals surface area contributed by atoms with Crippen molar-refractivity contribution >= 4 is 22.8 Å². The van der Waals surface area contributed by atoms with Gasteiger partial charge in [0, 0.05) is 26.8 Å². The normalized spacial score (nSPS) is 11.4. The summed E-state index contributed by atoms with van der Waals surface area (Å²) < 4.78 is 0. The monoisotopic (exact) mass is 520 g/mol. The van der Waals surface area contributed by atoms with Gasteiger partial charge >= 0.3 is 0 Å². The minimum Gasteiger partial charge on any atom is -0.251 e. The Kier molecular flexibility index (Phi) is 16.3. The Balaban J connectivity index is 0.00000512. The number of nitrogens with zero attached hydrogens (tertiary/aromatic N) is 2. The molecule has 0 unspecified atom stereocenters. The smallest absolute Gasteiger partial charge is 0.135 e. The van der Waals surface area contributed by atoms with Crippen LogP contribution in [0, 0.1) is 11.8 Å². The van der Waals surface area contributed by atoms with Crippen LogP contribution in [-0.2, 0) is 20.4 Å². The van der Waals surface area contributed by atoms with Crippen molar-refractivity contribution in [3.63, 3.8) is 0 Å². The molecule has 0 spiro atoms. The van der Waals surface area contributed by atoms with Crippen LogP contribution >= 0.6 is 0 Å². The van der Waals surface area contributed by atoms with E-state index in [0.29, 0.717) is 0 Å². The minimum atomic E-state index is 0. The molecular weight excluding hydrogens is 483 g/mol. The van der Waals surface area contributed by atoms with E-state index in [1.165, 1.54) is 38.5 Å². The second kappa shape index (κ2) is 18.6. The molecule has 0 amide bonds. The van der Waals surface area contributed by atoms with E-state index in [0.717, 1.165) is 54.9 Å². The Hall–Kier alpha value is -2.00. The standard InChI is InChI=1S/C29H38N2.Pd/c1-3-5-7-8-9-10-11-12-19-25-29(31-27-22-17-14-18-23-27)28(24-6-4-2)30-26-20-15-13-16-21-26;/h13-18,20-23H,3-12,24H2,1-2H3;/b30-28+,31-29+;. The molecule has 0 saturated carbocycles. The number of aliphatic imine (C=N–C) groups is 2. The molecule has 174 valence electrons. The van der Waals surface area contributed by atoms with Gasteiger partial charge in [-0.1, -0.05) is 101 Å². The van der Waals surface area contributed by atoms with Crippen molar-refractivity contribution in [2.75, 3.05) is 0 Å². The molecule has 0 aromatic heterocycles. The van der Waals surface area contributed by atoms with Crippen LogP contribution in [-0.4, -0.2) is 11.4 Å². The SMILES string of the molecule is CCCCCCCCCC#CC(=N\c1ccccc1)/C(CCCC)=N/c1ccccc1.[Pd]. The maximum Gasteiger partial charge on any atom is 0.135 e. The number of benzene rings is 2. The third kappa shape index (κ3) is 12.1. The fraction of sp³-hybridized carbons (Fsp3) is 0.448. The molecule has 2 aromatic carbocycles. The van der Waals surface area contributed by atoms with Crippen molar-refractivity contribution in [3.05, 3.63) is 60.7 Å². The van der Waals surface area contributed by atoms with Crippen LogP contribution in [0.3, 0.4) is 0 Å². The van der Waals surface area contributed by atoms with E-state index in [4.69, 9.17) is 9.98 Å². The van der Waals surface area contributed by atoms with E-state index in [2.05, 4.69) is 25.7 Å². The Labute approximate surface area is 209 Å². The zero-order valence-electron chi connectivity index (χ0n) is 19.8. The number of hydrogen-bond acceptors (Lipinski definition) is 2. The maximum atomic E-state index is 4.93. The molecule has 2 nitrogen and oxygen atoms in total. The average Bonchev–Trinajstić information content (AvgIpc) is 2.81. The molecule has 0 aliphatic carbocycles. The Morgan fingerprint density at radius 1 is 0.656 bits per heavy atom. The average molecular weight is 521 g/mol. The van der Waals surface area contributed by atoms with E-state index in [9.17, 15) is 0 Å². The molecule has 0 bridgehead atoms. The van der Waals surface area contributed by atoms with Gasteiger partial charge in [0.2, 0.25) is 0 Å². The van der Waals surface area contributed by atoms with Gasteiger partial charge in [-0.05, 0) is 49.4 Å². The summed E-state index contributed by atoms with van der Waals surface area (Å²) >= 11 is 0. The van der Waals surface area contributed by atoms with E-state index < -0.39 is 0 Å². The summed E-state index contributed by atoms with van der Waals surface area (Å²) in [5.41, 5.74) is 3.69. The molecule has 3 heteroatoms. The largest absolute Gasteiger partial charge is 0.251 e. The predicted octanol–water partition coefficient (Wildman–Crippen LogP) is 8.86. The van der Waals surface area contributed by atoms with Gasteiger partial charge in [-0.3, -0.25) is 4.99 Å². The Morgan fingerprint density at radius 2 is 1.19 bits per heavy atom. The van der Waals surface area contributed by atoms with E-state index in [-0.39, 0.29) is 20.4 Å². The van der Waals surface area contributed by atoms with Crippen molar-refractivity contribution in [2.45, 2.75) is 84.5 Å². The quantitative estimate of drug-likeness (QED) is 0.109. The first-order valence-electron chi connectivity index (χ1n) is 12.1. The van der Waals surface area contributed by atoms with Gasteiger partial charge < -0.3 is 0 Å². The zero-order valence-corrected chi connectivity index (χ0v) is 21.3. The summed E-state index contributed by atoms with van der Waals surface area (Å²) in [5, 5.41) is 0. The van der Waals surface area contributed by atoms with Gasteiger partial charge in [-0.25, -0.2) is 4.99 Å². The number of para-hydroxylation sites is 2. The van der Waals surface area contributed by atoms with Crippen molar-refractivity contribution < 1.29 is 20.4 Å². The van der Waals surface area contributed by atoms with Crippen molar-refractivity contribution in [2.24, 2.45) is 9.98 Å². The summed E-state index contributed by atoms with van der Waals surface area (Å²) in [7, 11) is 0. The molecule has 0 saturated heterocycles. The Morgan fingerprint density at radius 3 is 1.78 bits per heavy atom. The fourth-order valence-corrected chi connectivity index (χ4v) is 3.34. The van der Waals surface area contributed by atoms with Gasteiger partial charge in [-0.2, -0.15) is 0 Å². The van der Waals surface area contributed by atoms with Gasteiger partial charge in [0.05, 0.1) is 17.1 Å². The molecule has 0 radical (unpaired) electrons. The van der Waals surface area contributed by atoms with Crippen LogP contribution < -0.4 is 0 Å². The molecule has 0 fully saturated rings. The van der Waals surface area contributed by atoms with Crippen molar-refractivity contribution in [1.82, 2.24) is 0 Å². The zero-order chi connectivity index (χ0) is 22.0.